The van der Waals surface area contributed by atoms with Gasteiger partial charge in [-0.2, -0.15) is 0 Å². The van der Waals surface area contributed by atoms with E-state index in [0.717, 1.165) is 31.1 Å². The fourth-order valence-electron chi connectivity index (χ4n) is 2.57. The summed E-state index contributed by atoms with van der Waals surface area (Å²) in [6.07, 6.45) is 2.98. The molecule has 0 radical (unpaired) electrons. The maximum atomic E-state index is 11.2. The van der Waals surface area contributed by atoms with Crippen LogP contribution in [-0.4, -0.2) is 54.2 Å². The normalized spacial score (nSPS) is 19.4. The van der Waals surface area contributed by atoms with E-state index in [1.165, 1.54) is 11.3 Å². The van der Waals surface area contributed by atoms with Crippen molar-refractivity contribution in [2.75, 3.05) is 32.1 Å². The molecule has 0 aromatic carbocycles. The number of carboxylic acids is 1. The van der Waals surface area contributed by atoms with Gasteiger partial charge in [0, 0.05) is 19.1 Å². The standard InChI is InChI=1S/C13H21N3O2S/c1-4-10-11(12(17)18)19-13(14-10)16-7-5-6-9(16)8-15(2)3/h9H,4-8H2,1-3H3,(H,17,18). The molecule has 5 nitrogen and oxygen atoms in total. The first kappa shape index (κ1) is 14.3. The minimum absolute atomic E-state index is 0.396. The number of anilines is 1. The third kappa shape index (κ3) is 3.06. The van der Waals surface area contributed by atoms with Crippen LogP contribution in [0, 0.1) is 0 Å². The topological polar surface area (TPSA) is 56.7 Å². The Balaban J connectivity index is 2.23. The molecule has 0 aliphatic carbocycles. The Labute approximate surface area is 117 Å². The van der Waals surface area contributed by atoms with Crippen LogP contribution in [0.25, 0.3) is 0 Å². The van der Waals surface area contributed by atoms with Crippen molar-refractivity contribution in [3.8, 4) is 0 Å². The quantitative estimate of drug-likeness (QED) is 0.895. The van der Waals surface area contributed by atoms with Crippen LogP contribution in [0.3, 0.4) is 0 Å². The van der Waals surface area contributed by atoms with Crippen molar-refractivity contribution in [1.29, 1.82) is 0 Å². The summed E-state index contributed by atoms with van der Waals surface area (Å²) in [6.45, 7) is 3.92. The monoisotopic (exact) mass is 283 g/mol. The van der Waals surface area contributed by atoms with Crippen LogP contribution in [0.15, 0.2) is 0 Å². The predicted molar refractivity (Wildman–Crippen MR) is 77.4 cm³/mol. The van der Waals surface area contributed by atoms with Crippen molar-refractivity contribution in [3.63, 3.8) is 0 Å². The zero-order chi connectivity index (χ0) is 14.0. The highest BCUT2D eigenvalue weighted by molar-refractivity contribution is 7.17. The molecule has 1 atom stereocenters. The summed E-state index contributed by atoms with van der Waals surface area (Å²) < 4.78 is 0. The summed E-state index contributed by atoms with van der Waals surface area (Å²) in [6, 6.07) is 0.451. The van der Waals surface area contributed by atoms with Gasteiger partial charge in [0.15, 0.2) is 5.13 Å². The zero-order valence-corrected chi connectivity index (χ0v) is 12.5. The van der Waals surface area contributed by atoms with Crippen LogP contribution in [-0.2, 0) is 6.42 Å². The van der Waals surface area contributed by atoms with Gasteiger partial charge >= 0.3 is 5.97 Å². The van der Waals surface area contributed by atoms with Gasteiger partial charge in [-0.05, 0) is 33.4 Å². The number of likely N-dealkylation sites (N-methyl/N-ethyl adjacent to an activating group) is 1. The molecular weight excluding hydrogens is 262 g/mol. The van der Waals surface area contributed by atoms with E-state index in [4.69, 9.17) is 0 Å². The van der Waals surface area contributed by atoms with Crippen molar-refractivity contribution in [3.05, 3.63) is 10.6 Å². The Morgan fingerprint density at radius 2 is 2.32 bits per heavy atom. The summed E-state index contributed by atoms with van der Waals surface area (Å²) in [7, 11) is 4.14. The smallest absolute Gasteiger partial charge is 0.347 e. The Bertz CT molecular complexity index is 459. The first-order chi connectivity index (χ1) is 9.02. The fraction of sp³-hybridized carbons (Fsp3) is 0.692. The predicted octanol–water partition coefficient (Wildman–Crippen LogP) is 1.93. The Kier molecular flexibility index (Phi) is 4.42. The third-order valence-corrected chi connectivity index (χ3v) is 4.54. The molecule has 1 saturated heterocycles. The highest BCUT2D eigenvalue weighted by atomic mass is 32.1. The highest BCUT2D eigenvalue weighted by Gasteiger charge is 2.29. The third-order valence-electron chi connectivity index (χ3n) is 3.41. The summed E-state index contributed by atoms with van der Waals surface area (Å²) in [5.74, 6) is -0.857. The van der Waals surface area contributed by atoms with Crippen LogP contribution in [0.1, 0.15) is 35.1 Å². The molecule has 2 heterocycles. The second-order valence-corrected chi connectivity index (χ2v) is 6.16. The van der Waals surface area contributed by atoms with E-state index in [-0.39, 0.29) is 0 Å². The lowest BCUT2D eigenvalue weighted by molar-refractivity contribution is 0.0701. The summed E-state index contributed by atoms with van der Waals surface area (Å²) in [4.78, 5) is 20.6. The van der Waals surface area contributed by atoms with Crippen LogP contribution >= 0.6 is 11.3 Å². The van der Waals surface area contributed by atoms with Gasteiger partial charge in [0.05, 0.1) is 5.69 Å². The molecule has 1 aromatic rings. The number of thiazole rings is 1. The van der Waals surface area contributed by atoms with Gasteiger partial charge < -0.3 is 14.9 Å². The molecular formula is C13H21N3O2S. The van der Waals surface area contributed by atoms with E-state index in [1.54, 1.807) is 0 Å². The number of aromatic nitrogens is 1. The number of aromatic carboxylic acids is 1. The molecule has 19 heavy (non-hydrogen) atoms. The molecule has 6 heteroatoms. The van der Waals surface area contributed by atoms with Gasteiger partial charge in [-0.25, -0.2) is 9.78 Å². The zero-order valence-electron chi connectivity index (χ0n) is 11.7. The van der Waals surface area contributed by atoms with Crippen LogP contribution in [0.2, 0.25) is 0 Å². The average molecular weight is 283 g/mol. The molecule has 1 aliphatic rings. The molecule has 0 saturated carbocycles. The summed E-state index contributed by atoms with van der Waals surface area (Å²) in [5, 5.41) is 10.1. The van der Waals surface area contributed by atoms with E-state index >= 15 is 0 Å². The van der Waals surface area contributed by atoms with Gasteiger partial charge in [-0.15, -0.1) is 0 Å². The maximum absolute atomic E-state index is 11.2. The second-order valence-electron chi connectivity index (χ2n) is 5.18. The summed E-state index contributed by atoms with van der Waals surface area (Å²) in [5.41, 5.74) is 0.711. The van der Waals surface area contributed by atoms with Crippen molar-refractivity contribution < 1.29 is 9.90 Å². The fourth-order valence-corrected chi connectivity index (χ4v) is 3.66. The lowest BCUT2D eigenvalue weighted by atomic mass is 10.2. The Hall–Kier alpha value is -1.14. The molecule has 0 spiro atoms. The number of nitrogens with zero attached hydrogens (tertiary/aromatic N) is 3. The number of aryl methyl sites for hydroxylation is 1. The van der Waals surface area contributed by atoms with Gasteiger partial charge in [0.2, 0.25) is 0 Å². The SMILES string of the molecule is CCc1nc(N2CCCC2CN(C)C)sc1C(=O)O. The molecule has 1 aliphatic heterocycles. The minimum Gasteiger partial charge on any atom is -0.477 e. The van der Waals surface area contributed by atoms with Gasteiger partial charge in [0.25, 0.3) is 0 Å². The van der Waals surface area contributed by atoms with E-state index in [1.807, 2.05) is 6.92 Å². The van der Waals surface area contributed by atoms with Crippen molar-refractivity contribution in [2.45, 2.75) is 32.2 Å². The van der Waals surface area contributed by atoms with E-state index in [2.05, 4.69) is 28.9 Å². The van der Waals surface area contributed by atoms with Crippen LogP contribution in [0.5, 0.6) is 0 Å². The van der Waals surface area contributed by atoms with Gasteiger partial charge in [0.1, 0.15) is 4.88 Å². The van der Waals surface area contributed by atoms with E-state index in [0.29, 0.717) is 23.0 Å². The number of hydrogen-bond acceptors (Lipinski definition) is 5. The summed E-state index contributed by atoms with van der Waals surface area (Å²) >= 11 is 1.32. The Morgan fingerprint density at radius 1 is 1.58 bits per heavy atom. The average Bonchev–Trinajstić information content (AvgIpc) is 2.93. The molecule has 1 unspecified atom stereocenters. The minimum atomic E-state index is -0.857. The molecule has 1 N–H and O–H groups in total. The number of hydrogen-bond donors (Lipinski definition) is 1. The first-order valence-electron chi connectivity index (χ1n) is 6.67. The molecule has 0 amide bonds. The van der Waals surface area contributed by atoms with Gasteiger partial charge in [-0.1, -0.05) is 18.3 Å². The maximum Gasteiger partial charge on any atom is 0.347 e. The number of carboxylic acid groups (broad SMARTS) is 1. The first-order valence-corrected chi connectivity index (χ1v) is 7.49. The van der Waals surface area contributed by atoms with E-state index < -0.39 is 5.97 Å². The second kappa shape index (κ2) is 5.88. The van der Waals surface area contributed by atoms with E-state index in [9.17, 15) is 9.90 Å². The number of carbonyl (C=O) groups is 1. The number of rotatable bonds is 5. The Morgan fingerprint density at radius 3 is 2.84 bits per heavy atom. The lowest BCUT2D eigenvalue weighted by Gasteiger charge is -2.26. The largest absolute Gasteiger partial charge is 0.477 e. The highest BCUT2D eigenvalue weighted by Crippen LogP contribution is 2.32. The van der Waals surface area contributed by atoms with Crippen molar-refractivity contribution in [1.82, 2.24) is 9.88 Å². The molecule has 106 valence electrons. The lowest BCUT2D eigenvalue weighted by Crippen LogP contribution is -2.37. The molecule has 0 bridgehead atoms. The van der Waals surface area contributed by atoms with Crippen LogP contribution in [0.4, 0.5) is 5.13 Å². The molecule has 1 fully saturated rings. The van der Waals surface area contributed by atoms with Gasteiger partial charge in [-0.3, -0.25) is 0 Å². The van der Waals surface area contributed by atoms with Crippen molar-refractivity contribution in [2.24, 2.45) is 0 Å². The van der Waals surface area contributed by atoms with Crippen molar-refractivity contribution >= 4 is 22.4 Å². The molecule has 2 rings (SSSR count). The molecule has 1 aromatic heterocycles. The van der Waals surface area contributed by atoms with Crippen LogP contribution < -0.4 is 4.90 Å².